The van der Waals surface area contributed by atoms with Gasteiger partial charge in [0.25, 0.3) is 11.6 Å². The van der Waals surface area contributed by atoms with E-state index >= 15 is 0 Å². The van der Waals surface area contributed by atoms with Gasteiger partial charge < -0.3 is 14.2 Å². The van der Waals surface area contributed by atoms with Crippen molar-refractivity contribution in [1.29, 1.82) is 0 Å². The third-order valence-corrected chi connectivity index (χ3v) is 8.48. The molecular formula is C19H23N5O6S2. The van der Waals surface area contributed by atoms with Crippen LogP contribution in [0.1, 0.15) is 29.6 Å². The number of nitro groups is 1. The summed E-state index contributed by atoms with van der Waals surface area (Å²) in [6.45, 7) is 0.872. The van der Waals surface area contributed by atoms with Crippen LogP contribution in [-0.4, -0.2) is 75.7 Å². The molecule has 1 aromatic heterocycles. The lowest BCUT2D eigenvalue weighted by Gasteiger charge is -2.30. The van der Waals surface area contributed by atoms with Crippen LogP contribution in [0.2, 0.25) is 0 Å². The number of aryl methyl sites for hydroxylation is 1. The second-order valence-corrected chi connectivity index (χ2v) is 11.2. The van der Waals surface area contributed by atoms with Gasteiger partial charge in [0.1, 0.15) is 6.33 Å². The van der Waals surface area contributed by atoms with Crippen molar-refractivity contribution in [3.8, 4) is 0 Å². The molecule has 2 aliphatic heterocycles. The lowest BCUT2D eigenvalue weighted by atomic mass is 10.1. The highest BCUT2D eigenvalue weighted by Gasteiger charge is 2.37. The van der Waals surface area contributed by atoms with Gasteiger partial charge in [0.2, 0.25) is 0 Å². The first-order chi connectivity index (χ1) is 15.2. The van der Waals surface area contributed by atoms with Crippen LogP contribution in [0.5, 0.6) is 0 Å². The van der Waals surface area contributed by atoms with E-state index in [4.69, 9.17) is 4.74 Å². The van der Waals surface area contributed by atoms with Crippen LogP contribution in [0.15, 0.2) is 34.6 Å². The molecule has 3 heterocycles. The van der Waals surface area contributed by atoms with E-state index in [0.29, 0.717) is 23.1 Å². The number of nitro benzene ring substituents is 1. The number of hydrogen-bond acceptors (Lipinski definition) is 9. The summed E-state index contributed by atoms with van der Waals surface area (Å²) in [5.74, 6) is -0.505. The summed E-state index contributed by atoms with van der Waals surface area (Å²) < 4.78 is 31.4. The van der Waals surface area contributed by atoms with Gasteiger partial charge in [0, 0.05) is 37.9 Å². The van der Waals surface area contributed by atoms with E-state index in [1.54, 1.807) is 11.6 Å². The van der Waals surface area contributed by atoms with Crippen molar-refractivity contribution in [2.75, 3.05) is 24.7 Å². The molecule has 0 bridgehead atoms. The molecule has 2 saturated heterocycles. The minimum Gasteiger partial charge on any atom is -0.376 e. The van der Waals surface area contributed by atoms with Gasteiger partial charge in [-0.25, -0.2) is 8.42 Å². The largest absolute Gasteiger partial charge is 0.376 e. The predicted molar refractivity (Wildman–Crippen MR) is 115 cm³/mol. The first-order valence-electron chi connectivity index (χ1n) is 10.2. The van der Waals surface area contributed by atoms with Gasteiger partial charge in [-0.3, -0.25) is 14.9 Å². The van der Waals surface area contributed by atoms with Crippen molar-refractivity contribution in [2.45, 2.75) is 41.5 Å². The number of rotatable bonds is 7. The zero-order valence-corrected chi connectivity index (χ0v) is 19.0. The Bertz CT molecular complexity index is 1130. The minimum absolute atomic E-state index is 0.0282. The fraction of sp³-hybridized carbons (Fsp3) is 0.526. The summed E-state index contributed by atoms with van der Waals surface area (Å²) in [6.07, 6.45) is 3.35. The molecule has 1 amide bonds. The van der Waals surface area contributed by atoms with Crippen molar-refractivity contribution in [1.82, 2.24) is 19.7 Å². The van der Waals surface area contributed by atoms with E-state index in [-0.39, 0.29) is 35.4 Å². The van der Waals surface area contributed by atoms with Gasteiger partial charge in [-0.15, -0.1) is 10.2 Å². The average molecular weight is 482 g/mol. The number of sulfone groups is 1. The summed E-state index contributed by atoms with van der Waals surface area (Å²) in [5, 5.41) is 19.9. The lowest BCUT2D eigenvalue weighted by Crippen LogP contribution is -2.45. The quantitative estimate of drug-likeness (QED) is 0.427. The van der Waals surface area contributed by atoms with E-state index in [2.05, 4.69) is 10.2 Å². The Labute approximate surface area is 189 Å². The Balaban J connectivity index is 1.63. The molecule has 2 fully saturated rings. The standard InChI is InChI=1S/C19H23N5O6S2/c1-22-12-20-21-19(22)31-17-5-4-13(9-16(17)24(26)27)18(25)23(10-15-3-2-7-30-15)14-6-8-32(28,29)11-14/h4-5,9,12,14-15H,2-3,6-8,10-11H2,1H3. The number of nitrogens with zero attached hydrogens (tertiary/aromatic N) is 5. The van der Waals surface area contributed by atoms with E-state index in [1.807, 2.05) is 0 Å². The molecular weight excluding hydrogens is 458 g/mol. The number of aromatic nitrogens is 3. The van der Waals surface area contributed by atoms with Crippen LogP contribution in [0.4, 0.5) is 5.69 Å². The van der Waals surface area contributed by atoms with Gasteiger partial charge in [-0.05, 0) is 43.2 Å². The van der Waals surface area contributed by atoms with E-state index < -0.39 is 26.7 Å². The van der Waals surface area contributed by atoms with E-state index in [1.165, 1.54) is 29.4 Å². The maximum absolute atomic E-state index is 13.4. The number of carbonyl (C=O) groups excluding carboxylic acids is 1. The van der Waals surface area contributed by atoms with Crippen LogP contribution in [0.3, 0.4) is 0 Å². The monoisotopic (exact) mass is 481 g/mol. The second kappa shape index (κ2) is 9.16. The van der Waals surface area contributed by atoms with Crippen molar-refractivity contribution < 1.29 is 22.9 Å². The number of carbonyl (C=O) groups is 1. The van der Waals surface area contributed by atoms with Crippen molar-refractivity contribution in [3.63, 3.8) is 0 Å². The molecule has 2 aromatic rings. The molecule has 4 rings (SSSR count). The number of ether oxygens (including phenoxy) is 1. The minimum atomic E-state index is -3.21. The number of hydrogen-bond donors (Lipinski definition) is 0. The Kier molecular flexibility index (Phi) is 6.49. The topological polar surface area (TPSA) is 138 Å². The molecule has 13 heteroatoms. The Morgan fingerprint density at radius 3 is 2.81 bits per heavy atom. The molecule has 32 heavy (non-hydrogen) atoms. The smallest absolute Gasteiger partial charge is 0.284 e. The van der Waals surface area contributed by atoms with Gasteiger partial charge in [-0.2, -0.15) is 0 Å². The number of benzene rings is 1. The fourth-order valence-corrected chi connectivity index (χ4v) is 6.52. The third-order valence-electron chi connectivity index (χ3n) is 5.61. The molecule has 2 atom stereocenters. The third kappa shape index (κ3) is 4.94. The zero-order chi connectivity index (χ0) is 22.9. The van der Waals surface area contributed by atoms with Crippen LogP contribution in [0.25, 0.3) is 0 Å². The zero-order valence-electron chi connectivity index (χ0n) is 17.4. The maximum Gasteiger partial charge on any atom is 0.284 e. The average Bonchev–Trinajstić information content (AvgIpc) is 3.48. The fourth-order valence-electron chi connectivity index (χ4n) is 3.94. The molecule has 0 spiro atoms. The summed E-state index contributed by atoms with van der Waals surface area (Å²) >= 11 is 1.08. The SMILES string of the molecule is Cn1cnnc1Sc1ccc(C(=O)N(CC2CCCO2)C2CCS(=O)(=O)C2)cc1[N+](=O)[O-]. The summed E-state index contributed by atoms with van der Waals surface area (Å²) in [7, 11) is -1.49. The molecule has 11 nitrogen and oxygen atoms in total. The van der Waals surface area contributed by atoms with Crippen molar-refractivity contribution >= 4 is 33.2 Å². The Morgan fingerprint density at radius 2 is 2.22 bits per heavy atom. The molecule has 172 valence electrons. The summed E-state index contributed by atoms with van der Waals surface area (Å²) in [4.78, 5) is 26.4. The van der Waals surface area contributed by atoms with Crippen molar-refractivity contribution in [2.24, 2.45) is 7.05 Å². The Hall–Kier alpha value is -2.51. The Morgan fingerprint density at radius 1 is 1.41 bits per heavy atom. The van der Waals surface area contributed by atoms with Gasteiger partial charge >= 0.3 is 0 Å². The summed E-state index contributed by atoms with van der Waals surface area (Å²) in [5.41, 5.74) is -0.0822. The van der Waals surface area contributed by atoms with Crippen LogP contribution >= 0.6 is 11.8 Å². The molecule has 2 unspecified atom stereocenters. The molecule has 2 aliphatic rings. The lowest BCUT2D eigenvalue weighted by molar-refractivity contribution is -0.387. The molecule has 0 N–H and O–H groups in total. The molecule has 0 radical (unpaired) electrons. The van der Waals surface area contributed by atoms with Gasteiger partial charge in [-0.1, -0.05) is 0 Å². The highest BCUT2D eigenvalue weighted by Crippen LogP contribution is 2.35. The normalized spacial score (nSPS) is 22.2. The van der Waals surface area contributed by atoms with Crippen LogP contribution < -0.4 is 0 Å². The molecule has 0 saturated carbocycles. The number of amides is 1. The van der Waals surface area contributed by atoms with E-state index in [9.17, 15) is 23.3 Å². The molecule has 1 aromatic carbocycles. The highest BCUT2D eigenvalue weighted by atomic mass is 32.2. The van der Waals surface area contributed by atoms with Crippen LogP contribution in [0, 0.1) is 10.1 Å². The van der Waals surface area contributed by atoms with E-state index in [0.717, 1.165) is 24.6 Å². The summed E-state index contributed by atoms with van der Waals surface area (Å²) in [6, 6.07) is 3.82. The highest BCUT2D eigenvalue weighted by molar-refractivity contribution is 7.99. The molecule has 0 aliphatic carbocycles. The van der Waals surface area contributed by atoms with Gasteiger partial charge in [0.15, 0.2) is 15.0 Å². The first-order valence-corrected chi connectivity index (χ1v) is 12.8. The van der Waals surface area contributed by atoms with Crippen molar-refractivity contribution in [3.05, 3.63) is 40.2 Å². The maximum atomic E-state index is 13.4. The van der Waals surface area contributed by atoms with Crippen LogP contribution in [-0.2, 0) is 21.6 Å². The second-order valence-electron chi connectivity index (χ2n) is 7.92. The van der Waals surface area contributed by atoms with Gasteiger partial charge in [0.05, 0.1) is 27.4 Å². The predicted octanol–water partition coefficient (Wildman–Crippen LogP) is 1.68. The first kappa shape index (κ1) is 22.7.